The summed E-state index contributed by atoms with van der Waals surface area (Å²) in [5.41, 5.74) is 0.547. The molecule has 0 amide bonds. The molecule has 2 aromatic carbocycles. The quantitative estimate of drug-likeness (QED) is 0.657. The van der Waals surface area contributed by atoms with Gasteiger partial charge in [0.25, 0.3) is 0 Å². The van der Waals surface area contributed by atoms with Crippen molar-refractivity contribution in [3.8, 4) is 22.9 Å². The molecular formula is C17H16FN3O5S. The third kappa shape index (κ3) is 4.23. The van der Waals surface area contributed by atoms with Crippen LogP contribution in [0.15, 0.2) is 51.9 Å². The van der Waals surface area contributed by atoms with Gasteiger partial charge in [0.1, 0.15) is 22.2 Å². The van der Waals surface area contributed by atoms with E-state index >= 15 is 0 Å². The summed E-state index contributed by atoms with van der Waals surface area (Å²) in [6, 6.07) is 9.88. The fraction of sp³-hybridized carbons (Fsp3) is 0.176. The average molecular weight is 393 g/mol. The molecular weight excluding hydrogens is 377 g/mol. The van der Waals surface area contributed by atoms with Crippen LogP contribution in [0.3, 0.4) is 0 Å². The van der Waals surface area contributed by atoms with Crippen LogP contribution in [0, 0.1) is 5.82 Å². The third-order valence-corrected chi connectivity index (χ3v) is 5.08. The van der Waals surface area contributed by atoms with Crippen molar-refractivity contribution in [3.63, 3.8) is 0 Å². The second-order valence-electron chi connectivity index (χ2n) is 5.36. The zero-order valence-corrected chi connectivity index (χ0v) is 15.3. The zero-order valence-electron chi connectivity index (χ0n) is 14.5. The molecule has 10 heteroatoms. The van der Waals surface area contributed by atoms with Crippen molar-refractivity contribution < 1.29 is 26.8 Å². The maximum absolute atomic E-state index is 13.0. The van der Waals surface area contributed by atoms with Crippen LogP contribution < -0.4 is 14.2 Å². The standard InChI is InChI=1S/C17H16FN3O5S/c1-24-13-7-8-15(14(9-13)25-2)27(22,23)19-10-16-20-17(21-26-16)11-3-5-12(18)6-4-11/h3-9,19H,10H2,1-2H3. The number of ether oxygens (including phenoxy) is 2. The fourth-order valence-corrected chi connectivity index (χ4v) is 3.40. The monoisotopic (exact) mass is 393 g/mol. The highest BCUT2D eigenvalue weighted by Crippen LogP contribution is 2.28. The fourth-order valence-electron chi connectivity index (χ4n) is 2.27. The average Bonchev–Trinajstić information content (AvgIpc) is 3.15. The Balaban J connectivity index is 1.75. The van der Waals surface area contributed by atoms with Gasteiger partial charge in [-0.05, 0) is 36.4 Å². The number of aromatic nitrogens is 2. The van der Waals surface area contributed by atoms with E-state index in [2.05, 4.69) is 14.9 Å². The van der Waals surface area contributed by atoms with E-state index < -0.39 is 10.0 Å². The molecule has 0 saturated heterocycles. The molecule has 0 aliphatic rings. The Labute approximate surface area is 155 Å². The van der Waals surface area contributed by atoms with Crippen molar-refractivity contribution in [1.29, 1.82) is 0 Å². The number of methoxy groups -OCH3 is 2. The van der Waals surface area contributed by atoms with Gasteiger partial charge >= 0.3 is 0 Å². The predicted octanol–water partition coefficient (Wildman–Crippen LogP) is 2.37. The number of benzene rings is 2. The molecule has 0 atom stereocenters. The maximum Gasteiger partial charge on any atom is 0.244 e. The van der Waals surface area contributed by atoms with Crippen LogP contribution in [0.5, 0.6) is 11.5 Å². The molecule has 0 aliphatic heterocycles. The molecule has 0 aliphatic carbocycles. The number of hydrogen-bond donors (Lipinski definition) is 1. The van der Waals surface area contributed by atoms with E-state index in [9.17, 15) is 12.8 Å². The predicted molar refractivity (Wildman–Crippen MR) is 93.3 cm³/mol. The number of halogens is 1. The molecule has 1 N–H and O–H groups in total. The van der Waals surface area contributed by atoms with E-state index in [1.165, 1.54) is 56.7 Å². The van der Waals surface area contributed by atoms with Crippen molar-refractivity contribution in [2.24, 2.45) is 0 Å². The molecule has 3 rings (SSSR count). The number of nitrogens with zero attached hydrogens (tertiary/aromatic N) is 2. The van der Waals surface area contributed by atoms with Gasteiger partial charge in [-0.25, -0.2) is 17.5 Å². The molecule has 0 radical (unpaired) electrons. The summed E-state index contributed by atoms with van der Waals surface area (Å²) in [5, 5.41) is 3.76. The maximum atomic E-state index is 13.0. The van der Waals surface area contributed by atoms with Crippen LogP contribution in [0.1, 0.15) is 5.89 Å². The first kappa shape index (κ1) is 18.8. The molecule has 0 bridgehead atoms. The van der Waals surface area contributed by atoms with Gasteiger partial charge in [-0.1, -0.05) is 5.16 Å². The van der Waals surface area contributed by atoms with Gasteiger partial charge in [-0.3, -0.25) is 0 Å². The first-order valence-electron chi connectivity index (χ1n) is 7.73. The lowest BCUT2D eigenvalue weighted by molar-refractivity contribution is 0.374. The summed E-state index contributed by atoms with van der Waals surface area (Å²) >= 11 is 0. The van der Waals surface area contributed by atoms with Gasteiger partial charge in [0.15, 0.2) is 0 Å². The van der Waals surface area contributed by atoms with Crippen LogP contribution in [0.2, 0.25) is 0 Å². The van der Waals surface area contributed by atoms with Crippen molar-refractivity contribution in [2.75, 3.05) is 14.2 Å². The number of sulfonamides is 1. The summed E-state index contributed by atoms with van der Waals surface area (Å²) in [5.74, 6) is 0.506. The minimum atomic E-state index is -3.90. The first-order chi connectivity index (χ1) is 12.9. The molecule has 142 valence electrons. The Morgan fingerprint density at radius 3 is 2.52 bits per heavy atom. The van der Waals surface area contributed by atoms with Crippen molar-refractivity contribution >= 4 is 10.0 Å². The molecule has 1 heterocycles. The van der Waals surface area contributed by atoms with Crippen LogP contribution in [0.25, 0.3) is 11.4 Å². The SMILES string of the molecule is COc1ccc(S(=O)(=O)NCc2nc(-c3ccc(F)cc3)no2)c(OC)c1. The Kier molecular flexibility index (Phi) is 5.38. The molecule has 1 aromatic heterocycles. The lowest BCUT2D eigenvalue weighted by Gasteiger charge is -2.11. The van der Waals surface area contributed by atoms with Crippen molar-refractivity contribution in [3.05, 3.63) is 54.2 Å². The van der Waals surface area contributed by atoms with Gasteiger partial charge in [-0.2, -0.15) is 4.98 Å². The van der Waals surface area contributed by atoms with Gasteiger partial charge in [0.05, 0.1) is 20.8 Å². The zero-order chi connectivity index (χ0) is 19.4. The second-order valence-corrected chi connectivity index (χ2v) is 7.10. The Hall–Kier alpha value is -2.98. The van der Waals surface area contributed by atoms with Crippen molar-refractivity contribution in [1.82, 2.24) is 14.9 Å². The third-order valence-electron chi connectivity index (χ3n) is 3.64. The second kappa shape index (κ2) is 7.72. The molecule has 0 unspecified atom stereocenters. The van der Waals surface area contributed by atoms with E-state index in [4.69, 9.17) is 14.0 Å². The molecule has 0 spiro atoms. The van der Waals surface area contributed by atoms with E-state index in [1.807, 2.05) is 0 Å². The van der Waals surface area contributed by atoms with E-state index in [0.29, 0.717) is 11.3 Å². The minimum absolute atomic E-state index is 0.0518. The van der Waals surface area contributed by atoms with Crippen molar-refractivity contribution in [2.45, 2.75) is 11.4 Å². The Morgan fingerprint density at radius 1 is 1.11 bits per heavy atom. The normalized spacial score (nSPS) is 11.4. The van der Waals surface area contributed by atoms with E-state index in [-0.39, 0.29) is 34.7 Å². The molecule has 27 heavy (non-hydrogen) atoms. The lowest BCUT2D eigenvalue weighted by Crippen LogP contribution is -2.24. The van der Waals surface area contributed by atoms with Crippen LogP contribution >= 0.6 is 0 Å². The molecule has 0 saturated carbocycles. The van der Waals surface area contributed by atoms with E-state index in [0.717, 1.165) is 0 Å². The summed E-state index contributed by atoms with van der Waals surface area (Å²) < 4.78 is 55.6. The lowest BCUT2D eigenvalue weighted by atomic mass is 10.2. The van der Waals surface area contributed by atoms with Gasteiger partial charge in [0, 0.05) is 11.6 Å². The largest absolute Gasteiger partial charge is 0.497 e. The van der Waals surface area contributed by atoms with E-state index in [1.54, 1.807) is 0 Å². The van der Waals surface area contributed by atoms with Gasteiger partial charge in [0.2, 0.25) is 21.7 Å². The summed E-state index contributed by atoms with van der Waals surface area (Å²) in [6.07, 6.45) is 0. The van der Waals surface area contributed by atoms with Gasteiger partial charge in [-0.15, -0.1) is 0 Å². The topological polar surface area (TPSA) is 104 Å². The van der Waals surface area contributed by atoms with Gasteiger partial charge < -0.3 is 14.0 Å². The summed E-state index contributed by atoms with van der Waals surface area (Å²) in [4.78, 5) is 4.05. The summed E-state index contributed by atoms with van der Waals surface area (Å²) in [6.45, 7) is -0.217. The highest BCUT2D eigenvalue weighted by molar-refractivity contribution is 7.89. The Bertz CT molecular complexity index is 1030. The number of nitrogens with one attached hydrogen (secondary N) is 1. The smallest absolute Gasteiger partial charge is 0.244 e. The Morgan fingerprint density at radius 2 is 1.85 bits per heavy atom. The van der Waals surface area contributed by atoms with Crippen LogP contribution in [-0.4, -0.2) is 32.8 Å². The first-order valence-corrected chi connectivity index (χ1v) is 9.21. The minimum Gasteiger partial charge on any atom is -0.497 e. The molecule has 0 fully saturated rings. The van der Waals surface area contributed by atoms with Crippen LogP contribution in [-0.2, 0) is 16.6 Å². The number of hydrogen-bond acceptors (Lipinski definition) is 7. The highest BCUT2D eigenvalue weighted by atomic mass is 32.2. The highest BCUT2D eigenvalue weighted by Gasteiger charge is 2.21. The summed E-state index contributed by atoms with van der Waals surface area (Å²) in [7, 11) is -1.07. The van der Waals surface area contributed by atoms with Crippen LogP contribution in [0.4, 0.5) is 4.39 Å². The molecule has 8 nitrogen and oxygen atoms in total. The molecule has 3 aromatic rings. The number of rotatable bonds is 7.